The Morgan fingerprint density at radius 3 is 0.885 bits per heavy atom. The summed E-state index contributed by atoms with van der Waals surface area (Å²) in [4.78, 5) is 70.8. The lowest BCUT2D eigenvalue weighted by Crippen LogP contribution is -2.11. The van der Waals surface area contributed by atoms with Gasteiger partial charge in [-0.05, 0) is 74.3 Å². The van der Waals surface area contributed by atoms with Crippen LogP contribution in [0.1, 0.15) is 143 Å². The summed E-state index contributed by atoms with van der Waals surface area (Å²) in [5.74, 6) is -2.49. The SMILES string of the molecule is CCCCOC(=O)c1c2nc(c(C(=O)OCCCC)c3ccc([nH]3)c(C(=O)OCCCC)c3nc(c(C(=O)OCCCC)c4ccc1[nH]4)C=C3)C=C2. The standard InChI is InChI=1S/C40H46N4O8/c1-5-9-21-49-37(45)33-25-13-15-27(41-25)34(38(46)50-22-10-6-2)29-17-19-31(43-29)36(40(48)52-24-12-8-4)32-20-18-30(44-32)35(28-16-14-26(33)42-28)39(47)51-23-11-7-3/h13-20,41,44H,5-12,21-24H2,1-4H3. The summed E-state index contributed by atoms with van der Waals surface area (Å²) in [5, 5.41) is 0. The van der Waals surface area contributed by atoms with Crippen LogP contribution in [0, 0.1) is 0 Å². The van der Waals surface area contributed by atoms with Crippen molar-refractivity contribution >= 4 is 70.2 Å². The molecule has 12 heteroatoms. The van der Waals surface area contributed by atoms with Gasteiger partial charge in [0.2, 0.25) is 0 Å². The third kappa shape index (κ3) is 8.67. The van der Waals surface area contributed by atoms with E-state index in [0.29, 0.717) is 47.8 Å². The van der Waals surface area contributed by atoms with Gasteiger partial charge in [0.1, 0.15) is 22.3 Å². The number of esters is 4. The van der Waals surface area contributed by atoms with Crippen molar-refractivity contribution in [3.05, 3.63) is 69.3 Å². The molecule has 274 valence electrons. The van der Waals surface area contributed by atoms with E-state index in [1.54, 1.807) is 48.6 Å². The van der Waals surface area contributed by atoms with Crippen LogP contribution in [0.25, 0.3) is 46.4 Å². The number of carbonyl (C=O) groups excluding carboxylic acids is 4. The van der Waals surface area contributed by atoms with Gasteiger partial charge < -0.3 is 28.9 Å². The molecule has 0 spiro atoms. The molecule has 5 heterocycles. The molecule has 3 aromatic rings. The minimum absolute atomic E-state index is 0.117. The Bertz CT molecular complexity index is 1760. The number of nitrogens with one attached hydrogen (secondary N) is 2. The van der Waals surface area contributed by atoms with Gasteiger partial charge in [0.25, 0.3) is 0 Å². The first-order valence-corrected chi connectivity index (χ1v) is 18.2. The maximum Gasteiger partial charge on any atom is 0.342 e. The third-order valence-electron chi connectivity index (χ3n) is 8.49. The molecule has 5 rings (SSSR count). The second-order valence-corrected chi connectivity index (χ2v) is 12.5. The average molecular weight is 711 g/mol. The molecule has 0 aromatic carbocycles. The second kappa shape index (κ2) is 18.1. The number of fused-ring (bicyclic) bond motifs is 8. The highest BCUT2D eigenvalue weighted by atomic mass is 16.5. The first kappa shape index (κ1) is 37.7. The molecule has 2 aliphatic heterocycles. The van der Waals surface area contributed by atoms with Crippen LogP contribution in [-0.2, 0) is 18.9 Å². The van der Waals surface area contributed by atoms with Gasteiger partial charge in [0.05, 0.1) is 71.3 Å². The lowest BCUT2D eigenvalue weighted by molar-refractivity contribution is 0.0491. The fourth-order valence-electron chi connectivity index (χ4n) is 5.59. The van der Waals surface area contributed by atoms with Crippen LogP contribution in [0.5, 0.6) is 0 Å². The summed E-state index contributed by atoms with van der Waals surface area (Å²) in [6.07, 6.45) is 12.5. The summed E-state index contributed by atoms with van der Waals surface area (Å²) >= 11 is 0. The van der Waals surface area contributed by atoms with Gasteiger partial charge in [-0.3, -0.25) is 0 Å². The van der Waals surface area contributed by atoms with Crippen molar-refractivity contribution in [1.29, 1.82) is 0 Å². The van der Waals surface area contributed by atoms with Gasteiger partial charge in [0.15, 0.2) is 0 Å². The van der Waals surface area contributed by atoms with Crippen molar-refractivity contribution in [2.45, 2.75) is 79.1 Å². The van der Waals surface area contributed by atoms with Gasteiger partial charge in [-0.15, -0.1) is 0 Å². The van der Waals surface area contributed by atoms with E-state index in [4.69, 9.17) is 28.9 Å². The fraction of sp³-hybridized carbons (Fsp3) is 0.400. The predicted molar refractivity (Wildman–Crippen MR) is 200 cm³/mol. The number of unbranched alkanes of at least 4 members (excludes halogenated alkanes) is 4. The van der Waals surface area contributed by atoms with Crippen LogP contribution in [0.2, 0.25) is 0 Å². The van der Waals surface area contributed by atoms with E-state index in [0.717, 1.165) is 25.7 Å². The largest absolute Gasteiger partial charge is 0.462 e. The third-order valence-corrected chi connectivity index (χ3v) is 8.49. The van der Waals surface area contributed by atoms with Gasteiger partial charge in [-0.25, -0.2) is 29.1 Å². The number of rotatable bonds is 16. The van der Waals surface area contributed by atoms with Crippen LogP contribution in [0.3, 0.4) is 0 Å². The minimum Gasteiger partial charge on any atom is -0.462 e. The zero-order valence-corrected chi connectivity index (χ0v) is 30.3. The van der Waals surface area contributed by atoms with Crippen LogP contribution >= 0.6 is 0 Å². The van der Waals surface area contributed by atoms with Crippen LogP contribution in [-0.4, -0.2) is 70.2 Å². The molecular formula is C40H46N4O8. The average Bonchev–Trinajstić information content (AvgIpc) is 3.96. The van der Waals surface area contributed by atoms with E-state index < -0.39 is 23.9 Å². The Labute approximate surface area is 302 Å². The maximum atomic E-state index is 13.7. The molecule has 0 fully saturated rings. The van der Waals surface area contributed by atoms with Gasteiger partial charge >= 0.3 is 23.9 Å². The van der Waals surface area contributed by atoms with Crippen molar-refractivity contribution < 1.29 is 38.1 Å². The Balaban J connectivity index is 1.88. The van der Waals surface area contributed by atoms with Crippen molar-refractivity contribution in [2.75, 3.05) is 26.4 Å². The predicted octanol–water partition coefficient (Wildman–Crippen LogP) is 8.48. The van der Waals surface area contributed by atoms with Gasteiger partial charge in [-0.1, -0.05) is 53.4 Å². The molecule has 2 N–H and O–H groups in total. The molecule has 52 heavy (non-hydrogen) atoms. The summed E-state index contributed by atoms with van der Waals surface area (Å²) in [7, 11) is 0. The maximum absolute atomic E-state index is 13.7. The second-order valence-electron chi connectivity index (χ2n) is 12.5. The molecule has 0 unspecified atom stereocenters. The van der Waals surface area contributed by atoms with Crippen LogP contribution < -0.4 is 0 Å². The van der Waals surface area contributed by atoms with Crippen LogP contribution in [0.4, 0.5) is 0 Å². The normalized spacial score (nSPS) is 11.8. The zero-order valence-electron chi connectivity index (χ0n) is 30.3. The first-order valence-electron chi connectivity index (χ1n) is 18.2. The molecule has 0 radical (unpaired) electrons. The van der Waals surface area contributed by atoms with Crippen molar-refractivity contribution in [3.63, 3.8) is 0 Å². The van der Waals surface area contributed by atoms with E-state index in [2.05, 4.69) is 9.97 Å². The number of aromatic amines is 2. The smallest absolute Gasteiger partial charge is 0.342 e. The van der Waals surface area contributed by atoms with Crippen molar-refractivity contribution in [2.24, 2.45) is 0 Å². The monoisotopic (exact) mass is 710 g/mol. The van der Waals surface area contributed by atoms with Gasteiger partial charge in [-0.2, -0.15) is 0 Å². The Hall–Kier alpha value is -5.52. The summed E-state index contributed by atoms with van der Waals surface area (Å²) in [5.41, 5.74) is 2.78. The molecule has 0 aliphatic carbocycles. The van der Waals surface area contributed by atoms with E-state index >= 15 is 0 Å². The van der Waals surface area contributed by atoms with E-state index in [9.17, 15) is 19.2 Å². The lowest BCUT2D eigenvalue weighted by Gasteiger charge is -2.07. The molecule has 12 nitrogen and oxygen atoms in total. The topological polar surface area (TPSA) is 163 Å². The Morgan fingerprint density at radius 2 is 0.673 bits per heavy atom. The number of carbonyl (C=O) groups is 4. The first-order chi connectivity index (χ1) is 25.3. The Kier molecular flexibility index (Phi) is 13.1. The minimum atomic E-state index is -0.622. The summed E-state index contributed by atoms with van der Waals surface area (Å²) in [6, 6.07) is 6.63. The molecular weight excluding hydrogens is 664 g/mol. The molecule has 0 saturated heterocycles. The summed E-state index contributed by atoms with van der Waals surface area (Å²) in [6.45, 7) is 8.79. The van der Waals surface area contributed by atoms with Crippen molar-refractivity contribution in [3.8, 4) is 0 Å². The number of nitrogens with zero attached hydrogens (tertiary/aromatic N) is 2. The van der Waals surface area contributed by atoms with E-state index in [-0.39, 0.29) is 71.5 Å². The molecule has 0 atom stereocenters. The summed E-state index contributed by atoms with van der Waals surface area (Å²) < 4.78 is 22.6. The fourth-order valence-corrected chi connectivity index (χ4v) is 5.59. The number of hydrogen-bond acceptors (Lipinski definition) is 10. The van der Waals surface area contributed by atoms with Crippen molar-refractivity contribution in [1.82, 2.24) is 19.9 Å². The quantitative estimate of drug-likeness (QED) is 0.0577. The van der Waals surface area contributed by atoms with E-state index in [1.165, 1.54) is 0 Å². The molecule has 8 bridgehead atoms. The molecule has 0 amide bonds. The zero-order chi connectivity index (χ0) is 37.0. The number of ether oxygens (including phenoxy) is 4. The van der Waals surface area contributed by atoms with Gasteiger partial charge in [0, 0.05) is 0 Å². The Morgan fingerprint density at radius 1 is 0.442 bits per heavy atom. The number of H-pyrrole nitrogens is 2. The molecule has 2 aliphatic rings. The molecule has 0 saturated carbocycles. The van der Waals surface area contributed by atoms with E-state index in [1.807, 2.05) is 27.7 Å². The molecule has 3 aromatic heterocycles. The highest BCUT2D eigenvalue weighted by Crippen LogP contribution is 2.29. The van der Waals surface area contributed by atoms with Crippen LogP contribution in [0.15, 0.2) is 24.3 Å². The number of aromatic nitrogens is 4. The highest BCUT2D eigenvalue weighted by molar-refractivity contribution is 6.08. The highest BCUT2D eigenvalue weighted by Gasteiger charge is 2.25. The lowest BCUT2D eigenvalue weighted by atomic mass is 10.2. The number of hydrogen-bond donors (Lipinski definition) is 2.